The molecule has 0 aliphatic heterocycles. The fourth-order valence-corrected chi connectivity index (χ4v) is 3.95. The lowest BCUT2D eigenvalue weighted by molar-refractivity contribution is 0.0816. The molecule has 2 aromatic rings. The van der Waals surface area contributed by atoms with E-state index in [9.17, 15) is 18.8 Å². The van der Waals surface area contributed by atoms with Crippen molar-refractivity contribution in [2.45, 2.75) is 6.43 Å². The number of halogens is 4. The Balaban J connectivity index is 2.38. The van der Waals surface area contributed by atoms with Gasteiger partial charge in [-0.15, -0.1) is 0 Å². The summed E-state index contributed by atoms with van der Waals surface area (Å²) in [6.45, 7) is -0.708. The lowest BCUT2D eigenvalue weighted by atomic mass is 10.2. The van der Waals surface area contributed by atoms with Crippen LogP contribution in [0.3, 0.4) is 0 Å². The molecule has 0 unspecified atom stereocenters. The van der Waals surface area contributed by atoms with E-state index in [-0.39, 0.29) is 15.0 Å². The number of nitriles is 1. The number of ether oxygens (including phenoxy) is 1. The average Bonchev–Trinajstić information content (AvgIpc) is 2.91. The second kappa shape index (κ2) is 8.13. The van der Waals surface area contributed by atoms with E-state index in [0.29, 0.717) is 21.1 Å². The summed E-state index contributed by atoms with van der Waals surface area (Å²) in [4.78, 5) is 15.4. The van der Waals surface area contributed by atoms with E-state index < -0.39 is 34.0 Å². The second-order valence-corrected chi connectivity index (χ2v) is 9.22. The molecule has 24 heavy (non-hydrogen) atoms. The molecule has 1 N–H and O–H groups in total. The molecule has 2 rings (SSSR count). The molecule has 1 aromatic heterocycles. The molecule has 0 bridgehead atoms. The number of carbonyl (C=O) groups is 1. The van der Waals surface area contributed by atoms with Crippen molar-refractivity contribution < 1.29 is 18.3 Å². The number of rotatable bonds is 6. The van der Waals surface area contributed by atoms with Gasteiger partial charge < -0.3 is 9.72 Å². The van der Waals surface area contributed by atoms with Gasteiger partial charge in [0.25, 0.3) is 6.43 Å². The smallest absolute Gasteiger partial charge is 0.272 e. The first-order valence-corrected chi connectivity index (χ1v) is 9.53. The molecule has 0 aliphatic carbocycles. The van der Waals surface area contributed by atoms with Crippen molar-refractivity contribution in [1.29, 1.82) is 5.26 Å². The van der Waals surface area contributed by atoms with Gasteiger partial charge in [0, 0.05) is 10.9 Å². The van der Waals surface area contributed by atoms with Gasteiger partial charge in [-0.05, 0) is 69.2 Å². The Morgan fingerprint density at radius 1 is 1.46 bits per heavy atom. The highest BCUT2D eigenvalue weighted by Gasteiger charge is 2.17. The monoisotopic (exact) mass is 511 g/mol. The molecule has 0 atom stereocenters. The summed E-state index contributed by atoms with van der Waals surface area (Å²) in [6, 6.07) is 6.79. The number of Topliss-reactive ketones (excluding diaryl/α,β-unsaturated/α-hetero) is 1. The summed E-state index contributed by atoms with van der Waals surface area (Å²) in [5.41, 5.74) is 0.941. The van der Waals surface area contributed by atoms with E-state index in [1.165, 1.54) is 0 Å². The first-order valence-electron chi connectivity index (χ1n) is 6.69. The second-order valence-electron chi connectivity index (χ2n) is 4.88. The van der Waals surface area contributed by atoms with Gasteiger partial charge in [0.1, 0.15) is 21.9 Å². The van der Waals surface area contributed by atoms with Crippen molar-refractivity contribution >= 4 is 57.1 Å². The molecule has 1 aromatic carbocycles. The van der Waals surface area contributed by atoms with Gasteiger partial charge >= 0.3 is 0 Å². The van der Waals surface area contributed by atoms with Crippen LogP contribution in [-0.4, -0.2) is 44.5 Å². The lowest BCUT2D eigenvalue weighted by Gasteiger charge is -2.07. The number of aromatic amines is 1. The zero-order chi connectivity index (χ0) is 17.9. The van der Waals surface area contributed by atoms with Crippen molar-refractivity contribution in [1.82, 2.24) is 8.10 Å². The normalized spacial score (nSPS) is 12.3. The Morgan fingerprint density at radius 2 is 2.17 bits per heavy atom. The van der Waals surface area contributed by atoms with Crippen LogP contribution in [0.2, 0.25) is 0 Å². The van der Waals surface area contributed by atoms with E-state index in [2.05, 4.69) is 20.9 Å². The highest BCUT2D eigenvalue weighted by molar-refractivity contribution is 14.2. The summed E-state index contributed by atoms with van der Waals surface area (Å²) < 4.78 is 32.2. The summed E-state index contributed by atoms with van der Waals surface area (Å²) in [7, 11) is 3.62. The Morgan fingerprint density at radius 3 is 2.75 bits per heavy atom. The highest BCUT2D eigenvalue weighted by atomic mass is 127. The van der Waals surface area contributed by atoms with Crippen LogP contribution in [0.15, 0.2) is 22.7 Å². The van der Waals surface area contributed by atoms with Gasteiger partial charge in [-0.3, -0.25) is 7.91 Å². The molecule has 0 fully saturated rings. The number of aromatic nitrogens is 1. The SMILES string of the molecule is CN(C)I=C(C#N)C(=O)c1cc2cc(OCC(F)F)c(Br)cc2[nH]1. The number of H-pyrrole nitrogens is 1. The zero-order valence-electron chi connectivity index (χ0n) is 12.7. The predicted octanol–water partition coefficient (Wildman–Crippen LogP) is 3.90. The molecule has 1 heterocycles. The first kappa shape index (κ1) is 19.0. The van der Waals surface area contributed by atoms with Gasteiger partial charge in [-0.1, -0.05) is 0 Å². The minimum atomic E-state index is -2.57. The van der Waals surface area contributed by atoms with E-state index in [4.69, 9.17) is 4.74 Å². The maximum Gasteiger partial charge on any atom is 0.272 e. The van der Waals surface area contributed by atoms with E-state index in [1.54, 1.807) is 18.2 Å². The van der Waals surface area contributed by atoms with Crippen LogP contribution in [0, 0.1) is 11.3 Å². The number of hydrogen-bond donors (Lipinski definition) is 1. The van der Waals surface area contributed by atoms with Crippen LogP contribution < -0.4 is 4.74 Å². The minimum Gasteiger partial charge on any atom is -0.486 e. The van der Waals surface area contributed by atoms with Gasteiger partial charge in [0.15, 0.2) is 0 Å². The minimum absolute atomic E-state index is 0.221. The van der Waals surface area contributed by atoms with Crippen LogP contribution in [0.25, 0.3) is 10.9 Å². The molecule has 0 radical (unpaired) electrons. The molecule has 9 heteroatoms. The Hall–Kier alpha value is -1.38. The maximum atomic E-state index is 12.4. The number of nitrogens with zero attached hydrogens (tertiary/aromatic N) is 2. The van der Waals surface area contributed by atoms with Crippen molar-refractivity contribution in [2.75, 3.05) is 20.7 Å². The van der Waals surface area contributed by atoms with Crippen LogP contribution in [-0.2, 0) is 0 Å². The van der Waals surface area contributed by atoms with Gasteiger partial charge in [-0.2, -0.15) is 5.26 Å². The third kappa shape index (κ3) is 4.58. The van der Waals surface area contributed by atoms with Crippen LogP contribution >= 0.6 is 36.9 Å². The topological polar surface area (TPSA) is 69.1 Å². The molecule has 0 spiro atoms. The predicted molar refractivity (Wildman–Crippen MR) is 100 cm³/mol. The van der Waals surface area contributed by atoms with Crippen molar-refractivity contribution in [3.8, 4) is 11.8 Å². The first-order chi connectivity index (χ1) is 11.3. The molecule has 0 amide bonds. The fourth-order valence-electron chi connectivity index (χ4n) is 1.91. The summed E-state index contributed by atoms with van der Waals surface area (Å²) in [6.07, 6.45) is -2.57. The van der Waals surface area contributed by atoms with Crippen molar-refractivity contribution in [3.05, 3.63) is 28.4 Å². The number of benzene rings is 1. The summed E-state index contributed by atoms with van der Waals surface area (Å²) in [5.74, 6) is -0.0765. The third-order valence-corrected chi connectivity index (χ3v) is 5.63. The number of alkyl halides is 2. The molecule has 0 aliphatic rings. The fraction of sp³-hybridized carbons (Fsp3) is 0.267. The Labute approximate surface area is 155 Å². The maximum absolute atomic E-state index is 12.4. The molecule has 0 saturated heterocycles. The van der Waals surface area contributed by atoms with E-state index >= 15 is 0 Å². The zero-order valence-corrected chi connectivity index (χ0v) is 16.5. The van der Waals surface area contributed by atoms with Crippen LogP contribution in [0.5, 0.6) is 5.75 Å². The van der Waals surface area contributed by atoms with E-state index in [1.807, 2.05) is 23.3 Å². The molecule has 0 saturated carbocycles. The number of fused-ring (bicyclic) bond motifs is 1. The number of hydrogen-bond acceptors (Lipinski definition) is 4. The van der Waals surface area contributed by atoms with Gasteiger partial charge in [0.2, 0.25) is 5.78 Å². The van der Waals surface area contributed by atoms with Crippen LogP contribution in [0.4, 0.5) is 8.78 Å². The van der Waals surface area contributed by atoms with Gasteiger partial charge in [-0.25, -0.2) is 8.78 Å². The van der Waals surface area contributed by atoms with Crippen molar-refractivity contribution in [2.24, 2.45) is 0 Å². The van der Waals surface area contributed by atoms with E-state index in [0.717, 1.165) is 0 Å². The number of carbonyl (C=O) groups excluding carboxylic acids is 1. The lowest BCUT2D eigenvalue weighted by Crippen LogP contribution is -2.12. The quantitative estimate of drug-likeness (QED) is 0.363. The molecular weight excluding hydrogens is 499 g/mol. The third-order valence-electron chi connectivity index (χ3n) is 2.83. The Bertz CT molecular complexity index is 843. The summed E-state index contributed by atoms with van der Waals surface area (Å²) >= 11 is 2.43. The van der Waals surface area contributed by atoms with Gasteiger partial charge in [0.05, 0.1) is 10.2 Å². The number of ketones is 1. The standard InChI is InChI=1S/C15H13BrF2IN3O2/c1-22(2)19-10(6-20)15(23)12-3-8-4-13(24-7-14(17)18)9(16)5-11(8)21-12/h3-5,14,21H,7H2,1-2H3. The largest absolute Gasteiger partial charge is 0.486 e. The molecular formula is C15H13BrF2IN3O2. The average molecular weight is 512 g/mol. The molecule has 5 nitrogen and oxygen atoms in total. The molecule has 128 valence electrons. The number of nitrogens with one attached hydrogen (secondary N) is 1. The Kier molecular flexibility index (Phi) is 6.42. The van der Waals surface area contributed by atoms with Crippen molar-refractivity contribution in [3.63, 3.8) is 0 Å². The summed E-state index contributed by atoms with van der Waals surface area (Å²) in [5, 5.41) is 9.82. The highest BCUT2D eigenvalue weighted by Crippen LogP contribution is 2.31. The van der Waals surface area contributed by atoms with Crippen LogP contribution in [0.1, 0.15) is 10.5 Å².